The van der Waals surface area contributed by atoms with Gasteiger partial charge in [-0.15, -0.1) is 0 Å². The summed E-state index contributed by atoms with van der Waals surface area (Å²) in [6.07, 6.45) is 3.69. The van der Waals surface area contributed by atoms with Gasteiger partial charge < -0.3 is 28.6 Å². The molecule has 2 aliphatic rings. The lowest BCUT2D eigenvalue weighted by Crippen LogP contribution is -2.21. The van der Waals surface area contributed by atoms with Gasteiger partial charge in [0.25, 0.3) is 0 Å². The van der Waals surface area contributed by atoms with Crippen LogP contribution in [0, 0.1) is 0 Å². The summed E-state index contributed by atoms with van der Waals surface area (Å²) in [5.74, 6) is 0.717. The van der Waals surface area contributed by atoms with Crippen LogP contribution in [0.4, 0.5) is 0 Å². The van der Waals surface area contributed by atoms with Gasteiger partial charge in [-0.3, -0.25) is 9.59 Å². The molecule has 0 unspecified atom stereocenters. The number of ketones is 1. The number of Topliss-reactive ketones (excluding diaryl/α,β-unsaturated/α-hetero) is 1. The molecule has 0 amide bonds. The van der Waals surface area contributed by atoms with Crippen LogP contribution in [0.2, 0.25) is 0 Å². The summed E-state index contributed by atoms with van der Waals surface area (Å²) in [6.45, 7) is 0. The second-order valence-corrected chi connectivity index (χ2v) is 9.03. The first kappa shape index (κ1) is 22.7. The van der Waals surface area contributed by atoms with Crippen LogP contribution in [0.15, 0.2) is 60.5 Å². The van der Waals surface area contributed by atoms with Crippen molar-refractivity contribution in [3.05, 3.63) is 82.7 Å². The second-order valence-electron chi connectivity index (χ2n) is 9.03. The van der Waals surface area contributed by atoms with Gasteiger partial charge in [-0.2, -0.15) is 0 Å². The number of aromatic nitrogens is 1. The van der Waals surface area contributed by atoms with E-state index in [0.717, 1.165) is 16.5 Å². The van der Waals surface area contributed by atoms with Crippen LogP contribution >= 0.6 is 0 Å². The summed E-state index contributed by atoms with van der Waals surface area (Å²) in [4.78, 5) is 25.8. The molecule has 0 aliphatic carbocycles. The third kappa shape index (κ3) is 3.60. The smallest absolute Gasteiger partial charge is 0.312 e. The number of esters is 1. The Labute approximate surface area is 212 Å². The molecule has 0 fully saturated rings. The van der Waals surface area contributed by atoms with E-state index in [-0.39, 0.29) is 23.7 Å². The Bertz CT molecular complexity index is 1650. The van der Waals surface area contributed by atoms with Crippen LogP contribution in [0.25, 0.3) is 17.0 Å². The summed E-state index contributed by atoms with van der Waals surface area (Å²) < 4.78 is 24.2. The summed E-state index contributed by atoms with van der Waals surface area (Å²) in [5.41, 5.74) is 3.46. The number of carbonyl (C=O) groups is 2. The summed E-state index contributed by atoms with van der Waals surface area (Å²) in [6, 6.07) is 14.0. The number of phenols is 1. The van der Waals surface area contributed by atoms with E-state index >= 15 is 0 Å². The summed E-state index contributed by atoms with van der Waals surface area (Å²) in [5, 5.41) is 11.3. The van der Waals surface area contributed by atoms with Crippen molar-refractivity contribution in [1.82, 2.24) is 4.57 Å². The molecular weight excluding hydrogens is 474 g/mol. The maximum Gasteiger partial charge on any atom is 0.312 e. The van der Waals surface area contributed by atoms with E-state index in [1.807, 2.05) is 36.0 Å². The molecular formula is C29H23NO7. The molecule has 8 heteroatoms. The van der Waals surface area contributed by atoms with Crippen molar-refractivity contribution in [3.63, 3.8) is 0 Å². The van der Waals surface area contributed by atoms with Gasteiger partial charge in [0.15, 0.2) is 17.3 Å². The quantitative estimate of drug-likeness (QED) is 0.242. The van der Waals surface area contributed by atoms with Crippen LogP contribution < -0.4 is 18.9 Å². The van der Waals surface area contributed by atoms with Crippen molar-refractivity contribution in [2.24, 2.45) is 7.05 Å². The number of aromatic hydroxyl groups is 1. The van der Waals surface area contributed by atoms with E-state index in [4.69, 9.17) is 18.9 Å². The first-order valence-corrected chi connectivity index (χ1v) is 11.7. The molecule has 0 bridgehead atoms. The number of ether oxygens (including phenoxy) is 4. The minimum atomic E-state index is -0.475. The molecule has 3 heterocycles. The molecule has 0 spiro atoms. The highest BCUT2D eigenvalue weighted by atomic mass is 16.5. The maximum atomic E-state index is 13.4. The van der Waals surface area contributed by atoms with Crippen molar-refractivity contribution in [3.8, 4) is 28.7 Å². The Hall–Kier alpha value is -4.72. The van der Waals surface area contributed by atoms with E-state index in [9.17, 15) is 14.7 Å². The van der Waals surface area contributed by atoms with Gasteiger partial charge in [0.2, 0.25) is 5.78 Å². The van der Waals surface area contributed by atoms with E-state index < -0.39 is 11.9 Å². The number of rotatable bonds is 4. The lowest BCUT2D eigenvalue weighted by atomic mass is 9.84. The number of aryl methyl sites for hydroxylation is 1. The topological polar surface area (TPSA) is 96.2 Å². The van der Waals surface area contributed by atoms with Crippen molar-refractivity contribution in [2.45, 2.75) is 12.3 Å². The van der Waals surface area contributed by atoms with Crippen molar-refractivity contribution in [1.29, 1.82) is 0 Å². The average molecular weight is 498 g/mol. The number of allylic oxidation sites excluding steroid dienone is 1. The fraction of sp³-hybridized carbons (Fsp3) is 0.172. The number of benzene rings is 3. The molecule has 4 aromatic rings. The Morgan fingerprint density at radius 2 is 1.86 bits per heavy atom. The lowest BCUT2D eigenvalue weighted by Gasteiger charge is -2.26. The molecule has 2 aliphatic heterocycles. The maximum absolute atomic E-state index is 13.4. The normalized spacial score (nSPS) is 17.4. The molecule has 1 atom stereocenters. The van der Waals surface area contributed by atoms with E-state index in [1.54, 1.807) is 43.5 Å². The number of carbonyl (C=O) groups excluding carboxylic acids is 2. The number of methoxy groups -OCH3 is 2. The Kier molecular flexibility index (Phi) is 5.19. The molecule has 3 aromatic carbocycles. The predicted molar refractivity (Wildman–Crippen MR) is 136 cm³/mol. The van der Waals surface area contributed by atoms with Crippen molar-refractivity contribution >= 4 is 28.7 Å². The Morgan fingerprint density at radius 3 is 2.62 bits per heavy atom. The van der Waals surface area contributed by atoms with Gasteiger partial charge in [-0.1, -0.05) is 6.07 Å². The molecule has 37 heavy (non-hydrogen) atoms. The lowest BCUT2D eigenvalue weighted by molar-refractivity contribution is -0.135. The van der Waals surface area contributed by atoms with Gasteiger partial charge in [0.05, 0.1) is 26.2 Å². The SMILES string of the molecule is COc1ccc2c(c1)c(/C=C1\Oc3c(ccc4c3[C@@H](c3ccc(OC)c(O)c3)CC(=O)O4)C1=O)cn2C. The van der Waals surface area contributed by atoms with Crippen LogP contribution in [0.5, 0.6) is 28.7 Å². The zero-order chi connectivity index (χ0) is 25.8. The van der Waals surface area contributed by atoms with Gasteiger partial charge in [0, 0.05) is 41.2 Å². The van der Waals surface area contributed by atoms with Gasteiger partial charge >= 0.3 is 5.97 Å². The predicted octanol–water partition coefficient (Wildman–Crippen LogP) is 4.96. The van der Waals surface area contributed by atoms with Crippen LogP contribution in [-0.4, -0.2) is 35.6 Å². The first-order valence-electron chi connectivity index (χ1n) is 11.7. The number of nitrogens with zero attached hydrogens (tertiary/aromatic N) is 1. The van der Waals surface area contributed by atoms with Gasteiger partial charge in [0.1, 0.15) is 17.2 Å². The van der Waals surface area contributed by atoms with Crippen LogP contribution in [-0.2, 0) is 11.8 Å². The molecule has 186 valence electrons. The highest BCUT2D eigenvalue weighted by Crippen LogP contribution is 2.49. The molecule has 6 rings (SSSR count). The number of hydrogen-bond acceptors (Lipinski definition) is 7. The second kappa shape index (κ2) is 8.44. The average Bonchev–Trinajstić information content (AvgIpc) is 3.38. The molecule has 1 aromatic heterocycles. The first-order chi connectivity index (χ1) is 17.9. The van der Waals surface area contributed by atoms with Crippen molar-refractivity contribution in [2.75, 3.05) is 14.2 Å². The zero-order valence-electron chi connectivity index (χ0n) is 20.4. The molecule has 0 radical (unpaired) electrons. The fourth-order valence-electron chi connectivity index (χ4n) is 5.10. The Morgan fingerprint density at radius 1 is 1.03 bits per heavy atom. The highest BCUT2D eigenvalue weighted by molar-refractivity contribution is 6.15. The monoisotopic (exact) mass is 497 g/mol. The minimum absolute atomic E-state index is 0.0366. The highest BCUT2D eigenvalue weighted by Gasteiger charge is 2.38. The fourth-order valence-corrected chi connectivity index (χ4v) is 5.10. The van der Waals surface area contributed by atoms with Gasteiger partial charge in [-0.05, 0) is 54.1 Å². The minimum Gasteiger partial charge on any atom is -0.504 e. The number of phenolic OH excluding ortho intramolecular Hbond substituents is 1. The van der Waals surface area contributed by atoms with E-state index in [1.165, 1.54) is 7.11 Å². The van der Waals surface area contributed by atoms with Crippen molar-refractivity contribution < 1.29 is 33.6 Å². The number of fused-ring (bicyclic) bond motifs is 4. The third-order valence-electron chi connectivity index (χ3n) is 6.90. The Balaban J connectivity index is 1.46. The molecule has 0 saturated carbocycles. The largest absolute Gasteiger partial charge is 0.504 e. The molecule has 8 nitrogen and oxygen atoms in total. The standard InChI is InChI=1S/C29H23NO7/c1-30-14-16(19-12-17(34-2)5-7-21(19)30)11-25-28(33)18-6-9-24-27(29(18)37-25)20(13-26(32)36-24)15-4-8-23(35-3)22(31)10-15/h4-12,14,20,31H,13H2,1-3H3/b25-11-/t20-/m1/s1. The van der Waals surface area contributed by atoms with E-state index in [2.05, 4.69) is 0 Å². The molecule has 0 saturated heterocycles. The third-order valence-corrected chi connectivity index (χ3v) is 6.90. The summed E-state index contributed by atoms with van der Waals surface area (Å²) >= 11 is 0. The van der Waals surface area contributed by atoms with Crippen LogP contribution in [0.1, 0.15) is 39.4 Å². The zero-order valence-corrected chi connectivity index (χ0v) is 20.4. The number of hydrogen-bond donors (Lipinski definition) is 1. The van der Waals surface area contributed by atoms with Crippen LogP contribution in [0.3, 0.4) is 0 Å². The van der Waals surface area contributed by atoms with Gasteiger partial charge in [-0.25, -0.2) is 0 Å². The van der Waals surface area contributed by atoms with E-state index in [0.29, 0.717) is 39.7 Å². The summed E-state index contributed by atoms with van der Waals surface area (Å²) in [7, 11) is 5.01. The molecule has 1 N–H and O–H groups in total.